The highest BCUT2D eigenvalue weighted by Gasteiger charge is 2.43. The normalized spacial score (nSPS) is 16.8. The molecule has 2 aromatic carbocycles. The van der Waals surface area contributed by atoms with Gasteiger partial charge >= 0.3 is 5.97 Å². The van der Waals surface area contributed by atoms with Crippen LogP contribution < -0.4 is 14.8 Å². The fourth-order valence-corrected chi connectivity index (χ4v) is 4.28. The van der Waals surface area contributed by atoms with Crippen molar-refractivity contribution in [1.82, 2.24) is 5.32 Å². The van der Waals surface area contributed by atoms with Gasteiger partial charge in [-0.05, 0) is 31.5 Å². The highest BCUT2D eigenvalue weighted by Crippen LogP contribution is 2.47. The number of esters is 1. The third kappa shape index (κ3) is 3.47. The second-order valence-corrected chi connectivity index (χ2v) is 7.49. The molecule has 0 amide bonds. The van der Waals surface area contributed by atoms with Gasteiger partial charge in [0.05, 0.1) is 25.0 Å². The van der Waals surface area contributed by atoms with E-state index in [4.69, 9.17) is 14.2 Å². The smallest absolute Gasteiger partial charge is 0.336 e. The molecular formula is C26H25NO5. The van der Waals surface area contributed by atoms with Crippen LogP contribution in [-0.2, 0) is 9.53 Å². The molecule has 2 aliphatic rings. The Hall–Kier alpha value is -3.80. The molecule has 1 atom stereocenters. The van der Waals surface area contributed by atoms with Gasteiger partial charge in [-0.2, -0.15) is 0 Å². The van der Waals surface area contributed by atoms with Crippen LogP contribution in [0.15, 0.2) is 72.0 Å². The summed E-state index contributed by atoms with van der Waals surface area (Å²) in [6.45, 7) is 8.16. The van der Waals surface area contributed by atoms with Crippen molar-refractivity contribution in [2.75, 3.05) is 20.3 Å². The minimum atomic E-state index is -0.605. The molecule has 164 valence electrons. The highest BCUT2D eigenvalue weighted by atomic mass is 16.5. The molecule has 32 heavy (non-hydrogen) atoms. The molecule has 0 saturated heterocycles. The number of benzene rings is 2. The average molecular weight is 431 g/mol. The van der Waals surface area contributed by atoms with Gasteiger partial charge in [0.2, 0.25) is 0 Å². The predicted molar refractivity (Wildman–Crippen MR) is 122 cm³/mol. The lowest BCUT2D eigenvalue weighted by molar-refractivity contribution is -0.136. The van der Waals surface area contributed by atoms with Gasteiger partial charge in [-0.25, -0.2) is 4.79 Å². The molecule has 4 rings (SSSR count). The minimum Gasteiger partial charge on any atom is -0.490 e. The van der Waals surface area contributed by atoms with E-state index in [1.165, 1.54) is 7.11 Å². The number of Topliss-reactive ketones (excluding diaryl/α,β-unsaturated/α-hetero) is 1. The number of dihydropyridines is 1. The average Bonchev–Trinajstić information content (AvgIpc) is 3.09. The number of carbonyl (C=O) groups is 2. The van der Waals surface area contributed by atoms with Crippen molar-refractivity contribution < 1.29 is 23.8 Å². The first kappa shape index (κ1) is 21.4. The van der Waals surface area contributed by atoms with Gasteiger partial charge in [0.25, 0.3) is 0 Å². The number of carbonyl (C=O) groups excluding carboxylic acids is 2. The van der Waals surface area contributed by atoms with Crippen LogP contribution in [0.25, 0.3) is 5.70 Å². The molecule has 6 heteroatoms. The molecule has 1 aliphatic carbocycles. The van der Waals surface area contributed by atoms with E-state index >= 15 is 0 Å². The molecule has 0 bridgehead atoms. The Labute approximate surface area is 187 Å². The molecule has 0 fully saturated rings. The van der Waals surface area contributed by atoms with E-state index < -0.39 is 11.9 Å². The first-order valence-corrected chi connectivity index (χ1v) is 10.5. The van der Waals surface area contributed by atoms with Crippen molar-refractivity contribution in [3.05, 3.63) is 88.7 Å². The lowest BCUT2D eigenvalue weighted by Gasteiger charge is -2.29. The van der Waals surface area contributed by atoms with Crippen LogP contribution in [0.4, 0.5) is 0 Å². The number of nitrogens with one attached hydrogen (secondary N) is 1. The highest BCUT2D eigenvalue weighted by molar-refractivity contribution is 6.23. The maximum atomic E-state index is 13.5. The number of hydrogen-bond donors (Lipinski definition) is 1. The van der Waals surface area contributed by atoms with Crippen LogP contribution in [0.1, 0.15) is 41.3 Å². The van der Waals surface area contributed by atoms with E-state index in [0.717, 1.165) is 16.8 Å². The largest absolute Gasteiger partial charge is 0.490 e. The van der Waals surface area contributed by atoms with Gasteiger partial charge < -0.3 is 19.5 Å². The Kier molecular flexibility index (Phi) is 5.86. The number of fused-ring (bicyclic) bond motifs is 2. The van der Waals surface area contributed by atoms with Crippen molar-refractivity contribution in [3.63, 3.8) is 0 Å². The number of ketones is 1. The summed E-state index contributed by atoms with van der Waals surface area (Å²) in [7, 11) is 1.34. The van der Waals surface area contributed by atoms with Gasteiger partial charge in [-0.3, -0.25) is 4.79 Å². The quantitative estimate of drug-likeness (QED) is 0.518. The molecule has 0 spiro atoms. The molecule has 6 nitrogen and oxygen atoms in total. The van der Waals surface area contributed by atoms with E-state index in [-0.39, 0.29) is 5.78 Å². The molecule has 1 N–H and O–H groups in total. The van der Waals surface area contributed by atoms with Gasteiger partial charge in [-0.1, -0.05) is 43.0 Å². The Balaban J connectivity index is 1.90. The zero-order valence-corrected chi connectivity index (χ0v) is 18.4. The number of allylic oxidation sites excluding steroid dienone is 2. The molecule has 1 aliphatic heterocycles. The van der Waals surface area contributed by atoms with Crippen LogP contribution in [-0.4, -0.2) is 32.1 Å². The van der Waals surface area contributed by atoms with Crippen LogP contribution >= 0.6 is 0 Å². The zero-order valence-electron chi connectivity index (χ0n) is 18.4. The van der Waals surface area contributed by atoms with Crippen LogP contribution in [0.5, 0.6) is 11.5 Å². The van der Waals surface area contributed by atoms with E-state index in [9.17, 15) is 9.59 Å². The summed E-state index contributed by atoms with van der Waals surface area (Å²) in [6, 6.07) is 12.9. The third-order valence-electron chi connectivity index (χ3n) is 5.61. The molecule has 2 aromatic rings. The van der Waals surface area contributed by atoms with Crippen LogP contribution in [0.3, 0.4) is 0 Å². The van der Waals surface area contributed by atoms with Gasteiger partial charge in [0.1, 0.15) is 6.61 Å². The molecule has 0 unspecified atom stereocenters. The Morgan fingerprint density at radius 1 is 1.12 bits per heavy atom. The van der Waals surface area contributed by atoms with Crippen LogP contribution in [0.2, 0.25) is 0 Å². The Bertz CT molecular complexity index is 1170. The summed E-state index contributed by atoms with van der Waals surface area (Å²) in [5.74, 6) is -0.0872. The SMILES string of the molecule is C=CCOc1ccc([C@H]2C(C(=O)OC)=C(C)NC3=C2C(=O)c2ccccc23)cc1OCC. The molecule has 0 aromatic heterocycles. The molecule has 1 heterocycles. The van der Waals surface area contributed by atoms with Gasteiger partial charge in [0.15, 0.2) is 17.3 Å². The van der Waals surface area contributed by atoms with Crippen molar-refractivity contribution in [1.29, 1.82) is 0 Å². The summed E-state index contributed by atoms with van der Waals surface area (Å²) in [5.41, 5.74) is 4.49. The number of methoxy groups -OCH3 is 1. The third-order valence-corrected chi connectivity index (χ3v) is 5.61. The molecular weight excluding hydrogens is 406 g/mol. The lowest BCUT2D eigenvalue weighted by Crippen LogP contribution is -2.29. The maximum absolute atomic E-state index is 13.5. The topological polar surface area (TPSA) is 73.9 Å². The summed E-state index contributed by atoms with van der Waals surface area (Å²) >= 11 is 0. The van der Waals surface area contributed by atoms with Crippen molar-refractivity contribution in [2.24, 2.45) is 0 Å². The van der Waals surface area contributed by atoms with E-state index in [1.807, 2.05) is 44.2 Å². The van der Waals surface area contributed by atoms with Gasteiger partial charge in [-0.15, -0.1) is 0 Å². The number of hydrogen-bond acceptors (Lipinski definition) is 6. The van der Waals surface area contributed by atoms with E-state index in [1.54, 1.807) is 18.2 Å². The zero-order chi connectivity index (χ0) is 22.8. The summed E-state index contributed by atoms with van der Waals surface area (Å²) in [6.07, 6.45) is 1.66. The van der Waals surface area contributed by atoms with Gasteiger partial charge in [0, 0.05) is 28.3 Å². The fraction of sp³-hybridized carbons (Fsp3) is 0.231. The second-order valence-electron chi connectivity index (χ2n) is 7.49. The summed E-state index contributed by atoms with van der Waals surface area (Å²) in [4.78, 5) is 26.3. The van der Waals surface area contributed by atoms with E-state index in [0.29, 0.717) is 47.1 Å². The van der Waals surface area contributed by atoms with Crippen molar-refractivity contribution >= 4 is 17.4 Å². The fourth-order valence-electron chi connectivity index (χ4n) is 4.28. The number of rotatable bonds is 7. The van der Waals surface area contributed by atoms with Crippen molar-refractivity contribution in [2.45, 2.75) is 19.8 Å². The minimum absolute atomic E-state index is 0.105. The van der Waals surface area contributed by atoms with Crippen molar-refractivity contribution in [3.8, 4) is 11.5 Å². The molecule has 0 radical (unpaired) electrons. The first-order chi connectivity index (χ1) is 15.5. The summed E-state index contributed by atoms with van der Waals surface area (Å²) in [5, 5.41) is 3.28. The summed E-state index contributed by atoms with van der Waals surface area (Å²) < 4.78 is 16.6. The predicted octanol–water partition coefficient (Wildman–Crippen LogP) is 4.39. The monoisotopic (exact) mass is 431 g/mol. The maximum Gasteiger partial charge on any atom is 0.336 e. The second kappa shape index (κ2) is 8.75. The standard InChI is InChI=1S/C26H25NO5/c1-5-13-32-19-12-11-16(14-20(19)31-6-2)22-21(26(29)30-4)15(3)27-24-17-9-7-8-10-18(17)25(28)23(22)24/h5,7-12,14,22,27H,1,6,13H2,2-4H3/t22-/m0/s1. The molecule has 0 saturated carbocycles. The van der Waals surface area contributed by atoms with E-state index in [2.05, 4.69) is 11.9 Å². The first-order valence-electron chi connectivity index (χ1n) is 10.5. The Morgan fingerprint density at radius 2 is 1.88 bits per heavy atom. The lowest BCUT2D eigenvalue weighted by atomic mass is 9.79. The number of ether oxygens (including phenoxy) is 3. The Morgan fingerprint density at radius 3 is 2.56 bits per heavy atom. The van der Waals surface area contributed by atoms with Crippen LogP contribution in [0, 0.1) is 0 Å².